The van der Waals surface area contributed by atoms with Crippen LogP contribution in [0.25, 0.3) is 0 Å². The number of nitrogens with zero attached hydrogens (tertiary/aromatic N) is 1. The van der Waals surface area contributed by atoms with Crippen LogP contribution in [0.3, 0.4) is 0 Å². The van der Waals surface area contributed by atoms with Crippen molar-refractivity contribution >= 4 is 17.5 Å². The summed E-state index contributed by atoms with van der Waals surface area (Å²) < 4.78 is 13.1. The summed E-state index contributed by atoms with van der Waals surface area (Å²) in [4.78, 5) is 13.9. The second-order valence-electron chi connectivity index (χ2n) is 4.45. The Labute approximate surface area is 105 Å². The molecule has 0 bridgehead atoms. The lowest BCUT2D eigenvalue weighted by Gasteiger charge is -2.29. The van der Waals surface area contributed by atoms with Gasteiger partial charge in [-0.15, -0.1) is 11.6 Å². The number of hydrogen-bond donors (Lipinski definition) is 0. The Balaban J connectivity index is 2.15. The lowest BCUT2D eigenvalue weighted by Crippen LogP contribution is -2.40. The summed E-state index contributed by atoms with van der Waals surface area (Å²) in [6.45, 7) is 2.97. The molecular formula is C13H15ClFNO. The molecule has 1 aromatic rings. The molecule has 1 heterocycles. The third kappa shape index (κ3) is 2.78. The maximum absolute atomic E-state index is 13.1. The Bertz CT molecular complexity index is 435. The molecule has 1 aliphatic rings. The fraction of sp³-hybridized carbons (Fsp3) is 0.462. The number of aryl methyl sites for hydroxylation is 1. The highest BCUT2D eigenvalue weighted by molar-refractivity contribution is 6.21. The lowest BCUT2D eigenvalue weighted by atomic mass is 10.1. The largest absolute Gasteiger partial charge is 0.337 e. The second kappa shape index (κ2) is 5.05. The van der Waals surface area contributed by atoms with E-state index in [0.29, 0.717) is 17.7 Å². The van der Waals surface area contributed by atoms with Crippen LogP contribution in [0.15, 0.2) is 18.2 Å². The van der Waals surface area contributed by atoms with Gasteiger partial charge in [0.2, 0.25) is 0 Å². The highest BCUT2D eigenvalue weighted by Gasteiger charge is 2.23. The van der Waals surface area contributed by atoms with E-state index in [9.17, 15) is 9.18 Å². The van der Waals surface area contributed by atoms with Crippen molar-refractivity contribution in [3.63, 3.8) is 0 Å². The number of benzene rings is 1. The standard InChI is InChI=1S/C13H15ClFNO/c1-9-7-10(4-5-12(9)15)13(17)16-6-2-3-11(14)8-16/h4-5,7,11H,2-3,6,8H2,1H3. The average molecular weight is 256 g/mol. The first kappa shape index (κ1) is 12.4. The molecule has 0 N–H and O–H groups in total. The van der Waals surface area contributed by atoms with Crippen LogP contribution in [-0.4, -0.2) is 29.3 Å². The number of carbonyl (C=O) groups is 1. The van der Waals surface area contributed by atoms with Gasteiger partial charge in [-0.1, -0.05) is 0 Å². The van der Waals surface area contributed by atoms with E-state index >= 15 is 0 Å². The number of carbonyl (C=O) groups excluding carboxylic acids is 1. The van der Waals surface area contributed by atoms with Crippen LogP contribution in [0.5, 0.6) is 0 Å². The van der Waals surface area contributed by atoms with Crippen LogP contribution in [0.2, 0.25) is 0 Å². The number of hydrogen-bond acceptors (Lipinski definition) is 1. The average Bonchev–Trinajstić information content (AvgIpc) is 2.32. The van der Waals surface area contributed by atoms with Crippen LogP contribution in [0.1, 0.15) is 28.8 Å². The van der Waals surface area contributed by atoms with Crippen molar-refractivity contribution in [2.24, 2.45) is 0 Å². The number of amides is 1. The zero-order chi connectivity index (χ0) is 12.4. The minimum Gasteiger partial charge on any atom is -0.337 e. The minimum absolute atomic E-state index is 0.0363. The zero-order valence-electron chi connectivity index (χ0n) is 9.75. The van der Waals surface area contributed by atoms with Crippen molar-refractivity contribution in [1.29, 1.82) is 0 Å². The normalized spacial score (nSPS) is 20.4. The molecule has 0 aromatic heterocycles. The maximum atomic E-state index is 13.1. The first-order valence-corrected chi connectivity index (χ1v) is 6.21. The number of rotatable bonds is 1. The van der Waals surface area contributed by atoms with Gasteiger partial charge in [0.15, 0.2) is 0 Å². The first-order chi connectivity index (χ1) is 8.08. The summed E-state index contributed by atoms with van der Waals surface area (Å²) >= 11 is 6.05. The maximum Gasteiger partial charge on any atom is 0.253 e. The second-order valence-corrected chi connectivity index (χ2v) is 5.07. The van der Waals surface area contributed by atoms with E-state index in [1.807, 2.05) is 0 Å². The molecule has 92 valence electrons. The van der Waals surface area contributed by atoms with Crippen molar-refractivity contribution in [2.75, 3.05) is 13.1 Å². The lowest BCUT2D eigenvalue weighted by molar-refractivity contribution is 0.0727. The van der Waals surface area contributed by atoms with E-state index in [1.54, 1.807) is 17.9 Å². The van der Waals surface area contributed by atoms with Crippen LogP contribution in [0.4, 0.5) is 4.39 Å². The van der Waals surface area contributed by atoms with Crippen molar-refractivity contribution in [1.82, 2.24) is 4.90 Å². The third-order valence-corrected chi connectivity index (χ3v) is 3.41. The van der Waals surface area contributed by atoms with E-state index < -0.39 is 0 Å². The summed E-state index contributed by atoms with van der Waals surface area (Å²) in [5.74, 6) is -0.339. The molecule has 1 atom stereocenters. The van der Waals surface area contributed by atoms with Gasteiger partial charge >= 0.3 is 0 Å². The molecule has 1 fully saturated rings. The predicted molar refractivity (Wildman–Crippen MR) is 65.9 cm³/mol. The highest BCUT2D eigenvalue weighted by Crippen LogP contribution is 2.18. The Hall–Kier alpha value is -1.09. The summed E-state index contributed by atoms with van der Waals surface area (Å²) in [7, 11) is 0. The van der Waals surface area contributed by atoms with Gasteiger partial charge in [0.1, 0.15) is 5.82 Å². The molecule has 1 saturated heterocycles. The van der Waals surface area contributed by atoms with Gasteiger partial charge in [-0.05, 0) is 43.5 Å². The molecule has 0 saturated carbocycles. The van der Waals surface area contributed by atoms with Crippen molar-refractivity contribution in [2.45, 2.75) is 25.1 Å². The quantitative estimate of drug-likeness (QED) is 0.707. The Kier molecular flexibility index (Phi) is 3.67. The SMILES string of the molecule is Cc1cc(C(=O)N2CCCC(Cl)C2)ccc1F. The van der Waals surface area contributed by atoms with Crippen LogP contribution in [0, 0.1) is 12.7 Å². The Morgan fingerprint density at radius 3 is 2.94 bits per heavy atom. The van der Waals surface area contributed by atoms with E-state index in [1.165, 1.54) is 12.1 Å². The number of halogens is 2. The molecule has 0 spiro atoms. The number of piperidine rings is 1. The molecular weight excluding hydrogens is 241 g/mol. The molecule has 1 aromatic carbocycles. The smallest absolute Gasteiger partial charge is 0.253 e. The van der Waals surface area contributed by atoms with E-state index in [2.05, 4.69) is 0 Å². The van der Waals surface area contributed by atoms with E-state index in [0.717, 1.165) is 19.4 Å². The molecule has 4 heteroatoms. The van der Waals surface area contributed by atoms with Gasteiger partial charge in [-0.2, -0.15) is 0 Å². The fourth-order valence-electron chi connectivity index (χ4n) is 2.07. The number of likely N-dealkylation sites (tertiary alicyclic amines) is 1. The summed E-state index contributed by atoms with van der Waals surface area (Å²) in [6, 6.07) is 4.46. The topological polar surface area (TPSA) is 20.3 Å². The monoisotopic (exact) mass is 255 g/mol. The molecule has 0 radical (unpaired) electrons. The van der Waals surface area contributed by atoms with Gasteiger partial charge in [-0.25, -0.2) is 4.39 Å². The molecule has 1 amide bonds. The summed E-state index contributed by atoms with van der Waals surface area (Å²) in [5.41, 5.74) is 1.03. The van der Waals surface area contributed by atoms with Gasteiger partial charge in [0.05, 0.1) is 5.38 Å². The molecule has 17 heavy (non-hydrogen) atoms. The molecule has 0 aliphatic carbocycles. The minimum atomic E-state index is -0.282. The predicted octanol–water partition coefficient (Wildman–Crippen LogP) is 2.98. The van der Waals surface area contributed by atoms with Crippen molar-refractivity contribution < 1.29 is 9.18 Å². The highest BCUT2D eigenvalue weighted by atomic mass is 35.5. The molecule has 2 rings (SSSR count). The van der Waals surface area contributed by atoms with E-state index in [-0.39, 0.29) is 17.1 Å². The van der Waals surface area contributed by atoms with E-state index in [4.69, 9.17) is 11.6 Å². The first-order valence-electron chi connectivity index (χ1n) is 5.77. The van der Waals surface area contributed by atoms with Gasteiger partial charge in [0, 0.05) is 18.7 Å². The fourth-order valence-corrected chi connectivity index (χ4v) is 2.39. The van der Waals surface area contributed by atoms with Crippen LogP contribution < -0.4 is 0 Å². The third-order valence-electron chi connectivity index (χ3n) is 3.06. The number of alkyl halides is 1. The van der Waals surface area contributed by atoms with Crippen molar-refractivity contribution in [3.8, 4) is 0 Å². The summed E-state index contributed by atoms with van der Waals surface area (Å²) in [6.07, 6.45) is 1.88. The van der Waals surface area contributed by atoms with Crippen LogP contribution in [-0.2, 0) is 0 Å². The molecule has 1 unspecified atom stereocenters. The Morgan fingerprint density at radius 1 is 1.53 bits per heavy atom. The van der Waals surface area contributed by atoms with Gasteiger partial charge in [-0.3, -0.25) is 4.79 Å². The molecule has 1 aliphatic heterocycles. The van der Waals surface area contributed by atoms with Crippen LogP contribution >= 0.6 is 11.6 Å². The van der Waals surface area contributed by atoms with Gasteiger partial charge in [0.25, 0.3) is 5.91 Å². The Morgan fingerprint density at radius 2 is 2.29 bits per heavy atom. The summed E-state index contributed by atoms with van der Waals surface area (Å²) in [5, 5.41) is 0.0363. The zero-order valence-corrected chi connectivity index (χ0v) is 10.5. The van der Waals surface area contributed by atoms with Crippen molar-refractivity contribution in [3.05, 3.63) is 35.1 Å². The van der Waals surface area contributed by atoms with Gasteiger partial charge < -0.3 is 4.90 Å². The molecule has 2 nitrogen and oxygen atoms in total.